The summed E-state index contributed by atoms with van der Waals surface area (Å²) in [5.74, 6) is -0.413. The summed E-state index contributed by atoms with van der Waals surface area (Å²) >= 11 is 0. The third kappa shape index (κ3) is 2.46. The van der Waals surface area contributed by atoms with Crippen LogP contribution in [0.2, 0.25) is 0 Å². The van der Waals surface area contributed by atoms with Crippen molar-refractivity contribution in [3.63, 3.8) is 0 Å². The van der Waals surface area contributed by atoms with Gasteiger partial charge in [0.05, 0.1) is 10.5 Å². The zero-order chi connectivity index (χ0) is 15.0. The summed E-state index contributed by atoms with van der Waals surface area (Å²) < 4.78 is 24.5. The number of carbonyl (C=O) groups is 1. The van der Waals surface area contributed by atoms with Crippen LogP contribution in [0.4, 0.5) is 0 Å². The topological polar surface area (TPSA) is 87.9 Å². The van der Waals surface area contributed by atoms with Crippen molar-refractivity contribution in [3.05, 3.63) is 29.6 Å². The Morgan fingerprint density at radius 2 is 1.90 bits per heavy atom. The third-order valence-electron chi connectivity index (χ3n) is 4.56. The second kappa shape index (κ2) is 5.23. The molecule has 2 unspecified atom stereocenters. The molecule has 3 heterocycles. The Kier molecular flexibility index (Phi) is 3.54. The molecule has 110 valence electrons. The van der Waals surface area contributed by atoms with Gasteiger partial charge in [-0.1, -0.05) is 12.5 Å². The molecule has 5 nitrogen and oxygen atoms in total. The van der Waals surface area contributed by atoms with Gasteiger partial charge in [0.15, 0.2) is 15.6 Å². The van der Waals surface area contributed by atoms with Crippen LogP contribution >= 0.6 is 0 Å². The van der Waals surface area contributed by atoms with Crippen LogP contribution in [0.3, 0.4) is 0 Å². The first-order valence-corrected chi connectivity index (χ1v) is 8.77. The van der Waals surface area contributed by atoms with Gasteiger partial charge in [-0.15, -0.1) is 0 Å². The Hall–Kier alpha value is -1.74. The molecule has 1 aromatic heterocycles. The Labute approximate surface area is 123 Å². The van der Waals surface area contributed by atoms with Gasteiger partial charge in [-0.25, -0.2) is 13.4 Å². The lowest BCUT2D eigenvalue weighted by molar-refractivity contribution is 0.0888. The highest BCUT2D eigenvalue weighted by Crippen LogP contribution is 2.40. The number of hydrogen-bond donors (Lipinski definition) is 0. The SMILES string of the molecule is N#Cc1cccc(C(=O)C2CC3CCCC(C2)S3(=O)=O)n1. The summed E-state index contributed by atoms with van der Waals surface area (Å²) in [6, 6.07) is 6.71. The molecule has 21 heavy (non-hydrogen) atoms. The van der Waals surface area contributed by atoms with Crippen molar-refractivity contribution in [3.8, 4) is 6.07 Å². The minimum atomic E-state index is -3.05. The number of sulfone groups is 1. The Balaban J connectivity index is 1.85. The Bertz CT molecular complexity index is 701. The molecule has 0 N–H and O–H groups in total. The maximum Gasteiger partial charge on any atom is 0.184 e. The molecule has 2 saturated heterocycles. The van der Waals surface area contributed by atoms with E-state index in [0.717, 1.165) is 6.42 Å². The van der Waals surface area contributed by atoms with E-state index in [1.807, 2.05) is 6.07 Å². The summed E-state index contributed by atoms with van der Waals surface area (Å²) in [5, 5.41) is 8.10. The van der Waals surface area contributed by atoms with E-state index in [1.54, 1.807) is 18.2 Å². The lowest BCUT2D eigenvalue weighted by atomic mass is 9.85. The lowest BCUT2D eigenvalue weighted by Gasteiger charge is -2.37. The highest BCUT2D eigenvalue weighted by molar-refractivity contribution is 7.92. The number of Topliss-reactive ketones (excluding diaryl/α,β-unsaturated/α-hetero) is 1. The number of nitrogens with zero attached hydrogens (tertiary/aromatic N) is 2. The summed E-state index contributed by atoms with van der Waals surface area (Å²) in [6.07, 6.45) is 3.05. The average molecular weight is 304 g/mol. The Morgan fingerprint density at radius 1 is 1.24 bits per heavy atom. The normalized spacial score (nSPS) is 30.3. The molecule has 2 fully saturated rings. The molecule has 2 aliphatic rings. The second-order valence-electron chi connectivity index (χ2n) is 5.82. The average Bonchev–Trinajstić information content (AvgIpc) is 2.45. The molecule has 2 bridgehead atoms. The molecule has 0 aromatic carbocycles. The maximum atomic E-state index is 12.5. The van der Waals surface area contributed by atoms with E-state index in [0.29, 0.717) is 25.7 Å². The van der Waals surface area contributed by atoms with Crippen LogP contribution in [0.15, 0.2) is 18.2 Å². The lowest BCUT2D eigenvalue weighted by Crippen LogP contribution is -2.45. The van der Waals surface area contributed by atoms with Crippen LogP contribution in [0.25, 0.3) is 0 Å². The highest BCUT2D eigenvalue weighted by Gasteiger charge is 2.46. The molecule has 0 radical (unpaired) electrons. The summed E-state index contributed by atoms with van der Waals surface area (Å²) in [6.45, 7) is 0. The van der Waals surface area contributed by atoms with Crippen molar-refractivity contribution in [2.45, 2.75) is 42.6 Å². The third-order valence-corrected chi connectivity index (χ3v) is 7.28. The number of aromatic nitrogens is 1. The molecule has 0 saturated carbocycles. The van der Waals surface area contributed by atoms with E-state index in [1.165, 1.54) is 0 Å². The number of carbonyl (C=O) groups excluding carboxylic acids is 1. The standard InChI is InChI=1S/C15H16N2O3S/c16-9-11-3-1-6-14(17-11)15(18)10-7-12-4-2-5-13(8-10)21(12,19)20/h1,3,6,10,12-13H,2,4-5,7-8H2. The first kappa shape index (κ1) is 14.2. The largest absolute Gasteiger partial charge is 0.292 e. The molecule has 0 amide bonds. The monoisotopic (exact) mass is 304 g/mol. The predicted octanol–water partition coefficient (Wildman–Crippen LogP) is 1.88. The van der Waals surface area contributed by atoms with E-state index in [4.69, 9.17) is 5.26 Å². The van der Waals surface area contributed by atoms with Crippen molar-refractivity contribution in [1.29, 1.82) is 5.26 Å². The molecule has 0 aliphatic carbocycles. The van der Waals surface area contributed by atoms with Gasteiger partial charge < -0.3 is 0 Å². The smallest absolute Gasteiger partial charge is 0.184 e. The molecule has 0 spiro atoms. The van der Waals surface area contributed by atoms with E-state index in [-0.39, 0.29) is 33.6 Å². The zero-order valence-electron chi connectivity index (χ0n) is 11.5. The van der Waals surface area contributed by atoms with Gasteiger partial charge in [0.25, 0.3) is 0 Å². The number of nitriles is 1. The van der Waals surface area contributed by atoms with Crippen molar-refractivity contribution in [1.82, 2.24) is 4.98 Å². The number of hydrogen-bond acceptors (Lipinski definition) is 5. The van der Waals surface area contributed by atoms with Crippen LogP contribution in [0, 0.1) is 17.2 Å². The molecule has 6 heteroatoms. The molecule has 2 atom stereocenters. The number of fused-ring (bicyclic) bond motifs is 2. The quantitative estimate of drug-likeness (QED) is 0.778. The molecule has 2 aliphatic heterocycles. The van der Waals surface area contributed by atoms with Gasteiger partial charge >= 0.3 is 0 Å². The van der Waals surface area contributed by atoms with Gasteiger partial charge in [0.2, 0.25) is 0 Å². The van der Waals surface area contributed by atoms with Crippen molar-refractivity contribution in [2.24, 2.45) is 5.92 Å². The predicted molar refractivity (Wildman–Crippen MR) is 76.4 cm³/mol. The number of rotatable bonds is 2. The fourth-order valence-electron chi connectivity index (χ4n) is 3.47. The summed E-state index contributed by atoms with van der Waals surface area (Å²) in [4.78, 5) is 16.6. The van der Waals surface area contributed by atoms with E-state index in [2.05, 4.69) is 4.98 Å². The first-order chi connectivity index (χ1) is 10.0. The van der Waals surface area contributed by atoms with Gasteiger partial charge in [0, 0.05) is 5.92 Å². The van der Waals surface area contributed by atoms with E-state index >= 15 is 0 Å². The Morgan fingerprint density at radius 3 is 2.52 bits per heavy atom. The fourth-order valence-corrected chi connectivity index (χ4v) is 6.00. The number of pyridine rings is 1. The minimum Gasteiger partial charge on any atom is -0.292 e. The summed E-state index contributed by atoms with van der Waals surface area (Å²) in [7, 11) is -3.05. The first-order valence-electron chi connectivity index (χ1n) is 7.16. The van der Waals surface area contributed by atoms with E-state index in [9.17, 15) is 13.2 Å². The molecule has 1 aromatic rings. The second-order valence-corrected chi connectivity index (χ2v) is 8.33. The van der Waals surface area contributed by atoms with Crippen LogP contribution in [0.1, 0.15) is 48.3 Å². The van der Waals surface area contributed by atoms with Crippen molar-refractivity contribution >= 4 is 15.6 Å². The summed E-state index contributed by atoms with van der Waals surface area (Å²) in [5.41, 5.74) is 0.487. The van der Waals surface area contributed by atoms with E-state index < -0.39 is 9.84 Å². The van der Waals surface area contributed by atoms with Crippen LogP contribution in [-0.2, 0) is 9.84 Å². The van der Waals surface area contributed by atoms with Gasteiger partial charge in [-0.05, 0) is 37.8 Å². The van der Waals surface area contributed by atoms with Crippen LogP contribution in [0.5, 0.6) is 0 Å². The zero-order valence-corrected chi connectivity index (χ0v) is 12.3. The fraction of sp³-hybridized carbons (Fsp3) is 0.533. The van der Waals surface area contributed by atoms with Gasteiger partial charge in [-0.2, -0.15) is 5.26 Å². The minimum absolute atomic E-state index is 0.126. The van der Waals surface area contributed by atoms with Gasteiger partial charge in [-0.3, -0.25) is 4.79 Å². The molecular formula is C15H16N2O3S. The molecule has 3 rings (SSSR count). The van der Waals surface area contributed by atoms with Crippen LogP contribution < -0.4 is 0 Å². The molecular weight excluding hydrogens is 288 g/mol. The van der Waals surface area contributed by atoms with Gasteiger partial charge in [0.1, 0.15) is 17.5 Å². The highest BCUT2D eigenvalue weighted by atomic mass is 32.2. The van der Waals surface area contributed by atoms with Crippen molar-refractivity contribution < 1.29 is 13.2 Å². The van der Waals surface area contributed by atoms with Crippen molar-refractivity contribution in [2.75, 3.05) is 0 Å². The number of ketones is 1. The van der Waals surface area contributed by atoms with Crippen LogP contribution in [-0.4, -0.2) is 29.7 Å². The maximum absolute atomic E-state index is 12.5.